The van der Waals surface area contributed by atoms with E-state index in [-0.39, 0.29) is 0 Å². The highest BCUT2D eigenvalue weighted by Crippen LogP contribution is 2.21. The molecular weight excluding hydrogens is 294 g/mol. The lowest BCUT2D eigenvalue weighted by molar-refractivity contribution is 0.133. The summed E-state index contributed by atoms with van der Waals surface area (Å²) in [5.41, 5.74) is 3.77. The first-order valence-electron chi connectivity index (χ1n) is 7.88. The van der Waals surface area contributed by atoms with Gasteiger partial charge in [-0.05, 0) is 42.2 Å². The minimum absolute atomic E-state index is 0.304. The van der Waals surface area contributed by atoms with E-state index < -0.39 is 0 Å². The van der Waals surface area contributed by atoms with Crippen LogP contribution >= 0.6 is 11.6 Å². The Morgan fingerprint density at radius 3 is 2.50 bits per heavy atom. The third-order valence-corrected chi connectivity index (χ3v) is 4.01. The average Bonchev–Trinajstić information content (AvgIpc) is 2.54. The first-order chi connectivity index (χ1) is 10.7. The molecule has 0 saturated carbocycles. The molecule has 0 amide bonds. The van der Waals surface area contributed by atoms with Crippen molar-refractivity contribution in [3.8, 4) is 0 Å². The molecule has 2 aromatic rings. The third kappa shape index (κ3) is 4.84. The van der Waals surface area contributed by atoms with Gasteiger partial charge in [-0.2, -0.15) is 0 Å². The highest BCUT2D eigenvalue weighted by Gasteiger charge is 2.10. The van der Waals surface area contributed by atoms with Crippen molar-refractivity contribution in [3.63, 3.8) is 0 Å². The average molecular weight is 318 g/mol. The third-order valence-electron chi connectivity index (χ3n) is 3.78. The largest absolute Gasteiger partial charge is 0.377 e. The lowest BCUT2D eigenvalue weighted by atomic mass is 10.0. The van der Waals surface area contributed by atoms with E-state index in [0.29, 0.717) is 12.6 Å². The van der Waals surface area contributed by atoms with Crippen LogP contribution in [0.15, 0.2) is 48.5 Å². The lowest BCUT2D eigenvalue weighted by Crippen LogP contribution is -2.21. The molecule has 22 heavy (non-hydrogen) atoms. The fraction of sp³-hybridized carbons (Fsp3) is 0.368. The Hall–Kier alpha value is -1.35. The van der Waals surface area contributed by atoms with Crippen molar-refractivity contribution in [1.82, 2.24) is 5.32 Å². The summed E-state index contributed by atoms with van der Waals surface area (Å²) in [6.45, 7) is 6.44. The number of benzene rings is 2. The van der Waals surface area contributed by atoms with Gasteiger partial charge in [-0.15, -0.1) is 0 Å². The van der Waals surface area contributed by atoms with Gasteiger partial charge < -0.3 is 10.1 Å². The number of hydrogen-bond acceptors (Lipinski definition) is 2. The van der Waals surface area contributed by atoms with Crippen LogP contribution in [-0.4, -0.2) is 6.61 Å². The predicted molar refractivity (Wildman–Crippen MR) is 93.1 cm³/mol. The molecule has 0 aromatic heterocycles. The summed E-state index contributed by atoms with van der Waals surface area (Å²) in [5, 5.41) is 4.42. The number of nitrogens with one attached hydrogen (secondary N) is 1. The van der Waals surface area contributed by atoms with E-state index in [4.69, 9.17) is 16.3 Å². The monoisotopic (exact) mass is 317 g/mol. The molecule has 0 bridgehead atoms. The summed E-state index contributed by atoms with van der Waals surface area (Å²) in [7, 11) is 0. The molecule has 2 nitrogen and oxygen atoms in total. The minimum Gasteiger partial charge on any atom is -0.377 e. The molecule has 1 N–H and O–H groups in total. The molecule has 0 heterocycles. The van der Waals surface area contributed by atoms with Gasteiger partial charge in [-0.3, -0.25) is 0 Å². The van der Waals surface area contributed by atoms with E-state index in [2.05, 4.69) is 42.6 Å². The van der Waals surface area contributed by atoms with Crippen LogP contribution in [-0.2, 0) is 17.9 Å². The van der Waals surface area contributed by atoms with Crippen molar-refractivity contribution in [3.05, 3.63) is 70.2 Å². The number of rotatable bonds is 8. The van der Waals surface area contributed by atoms with E-state index in [0.717, 1.165) is 24.6 Å². The van der Waals surface area contributed by atoms with Crippen molar-refractivity contribution in [2.45, 2.75) is 39.5 Å². The molecule has 1 unspecified atom stereocenters. The van der Waals surface area contributed by atoms with E-state index >= 15 is 0 Å². The first kappa shape index (κ1) is 17.0. The van der Waals surface area contributed by atoms with Gasteiger partial charge in [0.15, 0.2) is 0 Å². The summed E-state index contributed by atoms with van der Waals surface area (Å²) in [4.78, 5) is 0. The molecule has 1 atom stereocenters. The second-order valence-corrected chi connectivity index (χ2v) is 5.74. The van der Waals surface area contributed by atoms with Gasteiger partial charge in [0.05, 0.1) is 6.61 Å². The van der Waals surface area contributed by atoms with Crippen LogP contribution in [0.5, 0.6) is 0 Å². The van der Waals surface area contributed by atoms with Crippen LogP contribution in [0.4, 0.5) is 0 Å². The summed E-state index contributed by atoms with van der Waals surface area (Å²) < 4.78 is 5.55. The zero-order valence-electron chi connectivity index (χ0n) is 13.3. The van der Waals surface area contributed by atoms with Crippen molar-refractivity contribution >= 4 is 11.6 Å². The highest BCUT2D eigenvalue weighted by atomic mass is 35.5. The minimum atomic E-state index is 0.304. The molecule has 0 spiro atoms. The van der Waals surface area contributed by atoms with Gasteiger partial charge >= 0.3 is 0 Å². The zero-order valence-corrected chi connectivity index (χ0v) is 14.1. The second kappa shape index (κ2) is 8.94. The Balaban J connectivity index is 2.04. The Morgan fingerprint density at radius 1 is 1.05 bits per heavy atom. The molecule has 0 radical (unpaired) electrons. The van der Waals surface area contributed by atoms with Gasteiger partial charge in [0.25, 0.3) is 0 Å². The van der Waals surface area contributed by atoms with Crippen LogP contribution in [0, 0.1) is 0 Å². The number of hydrogen-bond donors (Lipinski definition) is 1. The zero-order chi connectivity index (χ0) is 15.8. The van der Waals surface area contributed by atoms with Crippen LogP contribution in [0.25, 0.3) is 0 Å². The maximum Gasteiger partial charge on any atom is 0.0719 e. The topological polar surface area (TPSA) is 21.3 Å². The number of ether oxygens (including phenoxy) is 1. The van der Waals surface area contributed by atoms with Crippen LogP contribution in [0.1, 0.15) is 43.0 Å². The van der Waals surface area contributed by atoms with Crippen LogP contribution < -0.4 is 5.32 Å². The summed E-state index contributed by atoms with van der Waals surface area (Å²) in [6, 6.07) is 16.8. The molecule has 2 rings (SSSR count). The van der Waals surface area contributed by atoms with Crippen LogP contribution in [0.2, 0.25) is 5.02 Å². The molecule has 0 aliphatic carbocycles. The molecular formula is C19H24ClNO. The summed E-state index contributed by atoms with van der Waals surface area (Å²) in [5.74, 6) is 0. The van der Waals surface area contributed by atoms with Crippen LogP contribution in [0.3, 0.4) is 0 Å². The quantitative estimate of drug-likeness (QED) is 0.730. The molecule has 0 aliphatic heterocycles. The van der Waals surface area contributed by atoms with Crippen molar-refractivity contribution in [2.24, 2.45) is 0 Å². The maximum atomic E-state index is 6.10. The van der Waals surface area contributed by atoms with Crippen molar-refractivity contribution in [2.75, 3.05) is 6.61 Å². The van der Waals surface area contributed by atoms with E-state index in [1.165, 1.54) is 16.7 Å². The lowest BCUT2D eigenvalue weighted by Gasteiger charge is -2.19. The molecule has 0 saturated heterocycles. The van der Waals surface area contributed by atoms with Gasteiger partial charge in [0, 0.05) is 24.2 Å². The predicted octanol–water partition coefficient (Wildman–Crippen LogP) is 5.12. The molecule has 0 aliphatic rings. The Morgan fingerprint density at radius 2 is 1.82 bits per heavy atom. The van der Waals surface area contributed by atoms with Gasteiger partial charge in [0.1, 0.15) is 0 Å². The Labute approximate surface area is 138 Å². The van der Waals surface area contributed by atoms with E-state index in [1.807, 2.05) is 25.1 Å². The van der Waals surface area contributed by atoms with Gasteiger partial charge in [0.2, 0.25) is 0 Å². The highest BCUT2D eigenvalue weighted by molar-refractivity contribution is 6.30. The van der Waals surface area contributed by atoms with E-state index in [9.17, 15) is 0 Å². The molecule has 0 fully saturated rings. The second-order valence-electron chi connectivity index (χ2n) is 5.30. The fourth-order valence-electron chi connectivity index (χ4n) is 2.54. The maximum absolute atomic E-state index is 6.10. The molecule has 118 valence electrons. The fourth-order valence-corrected chi connectivity index (χ4v) is 2.74. The first-order valence-corrected chi connectivity index (χ1v) is 8.25. The van der Waals surface area contributed by atoms with Crippen molar-refractivity contribution in [1.29, 1.82) is 0 Å². The standard InChI is InChI=1S/C19H24ClNO/c1-3-19(15-10-7-11-18(20)12-15)21-13-16-8-5-6-9-17(16)14-22-4-2/h5-12,19,21H,3-4,13-14H2,1-2H3. The summed E-state index contributed by atoms with van der Waals surface area (Å²) in [6.07, 6.45) is 1.02. The smallest absolute Gasteiger partial charge is 0.0719 e. The van der Waals surface area contributed by atoms with Gasteiger partial charge in [-0.1, -0.05) is 54.9 Å². The Kier molecular flexibility index (Phi) is 6.91. The summed E-state index contributed by atoms with van der Waals surface area (Å²) >= 11 is 6.10. The normalized spacial score (nSPS) is 12.3. The Bertz CT molecular complexity index is 585. The SMILES string of the molecule is CCOCc1ccccc1CNC(CC)c1cccc(Cl)c1. The van der Waals surface area contributed by atoms with Crippen molar-refractivity contribution < 1.29 is 4.74 Å². The molecule has 2 aromatic carbocycles. The number of halogens is 1. The van der Waals surface area contributed by atoms with E-state index in [1.54, 1.807) is 0 Å². The molecule has 3 heteroatoms. The van der Waals surface area contributed by atoms with Gasteiger partial charge in [-0.25, -0.2) is 0 Å².